The van der Waals surface area contributed by atoms with E-state index >= 15 is 0 Å². The van der Waals surface area contributed by atoms with E-state index in [-0.39, 0.29) is 0 Å². The van der Waals surface area contributed by atoms with E-state index in [1.165, 1.54) is 64.5 Å². The number of hydrogen-bond acceptors (Lipinski definition) is 3. The number of nitrogens with two attached hydrogens (primary N) is 1. The molecular weight excluding hydrogens is 282 g/mol. The Kier molecular flexibility index (Phi) is 7.73. The number of para-hydroxylation sites is 2. The average Bonchev–Trinajstić information content (AvgIpc) is 2.58. The van der Waals surface area contributed by atoms with Crippen molar-refractivity contribution >= 4 is 11.4 Å². The van der Waals surface area contributed by atoms with Crippen LogP contribution in [0.3, 0.4) is 0 Å². The third-order valence-corrected chi connectivity index (χ3v) is 5.23. The minimum atomic E-state index is 0.563. The third-order valence-electron chi connectivity index (χ3n) is 5.23. The predicted molar refractivity (Wildman–Crippen MR) is 102 cm³/mol. The van der Waals surface area contributed by atoms with Gasteiger partial charge in [-0.05, 0) is 37.8 Å². The second-order valence-corrected chi connectivity index (χ2v) is 6.95. The molecule has 0 spiro atoms. The summed E-state index contributed by atoms with van der Waals surface area (Å²) in [5.74, 6) is 0. The molecule has 1 fully saturated rings. The molecule has 1 aromatic rings. The lowest BCUT2D eigenvalue weighted by Gasteiger charge is -2.38. The largest absolute Gasteiger partial charge is 0.397 e. The molecule has 1 aliphatic heterocycles. The molecule has 3 nitrogen and oxygen atoms in total. The van der Waals surface area contributed by atoms with E-state index in [1.807, 2.05) is 12.1 Å². The van der Waals surface area contributed by atoms with Crippen molar-refractivity contribution < 1.29 is 0 Å². The van der Waals surface area contributed by atoms with Crippen molar-refractivity contribution in [2.75, 3.05) is 24.1 Å². The Labute approximate surface area is 142 Å². The first kappa shape index (κ1) is 18.1. The lowest BCUT2D eigenvalue weighted by molar-refractivity contribution is 0.143. The third kappa shape index (κ3) is 5.72. The van der Waals surface area contributed by atoms with Crippen LogP contribution in [0.1, 0.15) is 65.2 Å². The van der Waals surface area contributed by atoms with Gasteiger partial charge in [-0.25, -0.2) is 0 Å². The molecule has 2 rings (SSSR count). The van der Waals surface area contributed by atoms with Gasteiger partial charge in [-0.1, -0.05) is 51.7 Å². The Morgan fingerprint density at radius 3 is 2.52 bits per heavy atom. The summed E-state index contributed by atoms with van der Waals surface area (Å²) in [5.41, 5.74) is 7.99. The van der Waals surface area contributed by atoms with Crippen molar-refractivity contribution in [3.8, 4) is 0 Å². The quantitative estimate of drug-likeness (QED) is 0.503. The number of nitrogens with zero attached hydrogens (tertiary/aromatic N) is 1. The predicted octanol–water partition coefficient (Wildman–Crippen LogP) is 4.89. The van der Waals surface area contributed by atoms with E-state index in [1.54, 1.807) is 0 Å². The monoisotopic (exact) mass is 317 g/mol. The molecule has 0 radical (unpaired) electrons. The molecule has 0 aliphatic carbocycles. The summed E-state index contributed by atoms with van der Waals surface area (Å²) in [5, 5.41) is 3.63. The molecule has 1 unspecified atom stereocenters. The maximum absolute atomic E-state index is 6.04. The highest BCUT2D eigenvalue weighted by atomic mass is 15.2. The van der Waals surface area contributed by atoms with E-state index in [2.05, 4.69) is 36.2 Å². The van der Waals surface area contributed by atoms with Crippen LogP contribution in [0.2, 0.25) is 0 Å². The van der Waals surface area contributed by atoms with Gasteiger partial charge in [0.15, 0.2) is 0 Å². The molecular formula is C20H35N3. The van der Waals surface area contributed by atoms with Crippen LogP contribution in [0.25, 0.3) is 0 Å². The number of nitrogens with one attached hydrogen (secondary N) is 1. The van der Waals surface area contributed by atoms with Gasteiger partial charge in [0.25, 0.3) is 0 Å². The van der Waals surface area contributed by atoms with Gasteiger partial charge < -0.3 is 16.0 Å². The van der Waals surface area contributed by atoms with Crippen molar-refractivity contribution in [1.82, 2.24) is 4.90 Å². The SMILES string of the molecule is CCCCCCC(CC)N1CCC(Nc2ccccc2N)CC1. The van der Waals surface area contributed by atoms with Crippen LogP contribution < -0.4 is 11.1 Å². The van der Waals surface area contributed by atoms with Crippen LogP contribution >= 0.6 is 0 Å². The summed E-state index contributed by atoms with van der Waals surface area (Å²) in [6.07, 6.45) is 10.6. The van der Waals surface area contributed by atoms with Gasteiger partial charge in [0.1, 0.15) is 0 Å². The Balaban J connectivity index is 1.75. The van der Waals surface area contributed by atoms with Crippen molar-refractivity contribution in [3.63, 3.8) is 0 Å². The first-order chi connectivity index (χ1) is 11.2. The molecule has 3 heteroatoms. The zero-order chi connectivity index (χ0) is 16.5. The number of anilines is 2. The smallest absolute Gasteiger partial charge is 0.0576 e. The maximum Gasteiger partial charge on any atom is 0.0576 e. The summed E-state index contributed by atoms with van der Waals surface area (Å²) in [6, 6.07) is 9.46. The average molecular weight is 318 g/mol. The minimum absolute atomic E-state index is 0.563. The molecule has 1 atom stereocenters. The Bertz CT molecular complexity index is 438. The van der Waals surface area contributed by atoms with Crippen LogP contribution in [0.5, 0.6) is 0 Å². The zero-order valence-electron chi connectivity index (χ0n) is 15.1. The maximum atomic E-state index is 6.04. The normalized spacial score (nSPS) is 18.0. The molecule has 0 aromatic heterocycles. The first-order valence-corrected chi connectivity index (χ1v) is 9.59. The first-order valence-electron chi connectivity index (χ1n) is 9.59. The van der Waals surface area contributed by atoms with Crippen molar-refractivity contribution in [2.24, 2.45) is 0 Å². The van der Waals surface area contributed by atoms with Crippen LogP contribution in [0, 0.1) is 0 Å². The van der Waals surface area contributed by atoms with E-state index in [0.29, 0.717) is 6.04 Å². The number of rotatable bonds is 9. The number of likely N-dealkylation sites (tertiary alicyclic amines) is 1. The highest BCUT2D eigenvalue weighted by Gasteiger charge is 2.24. The summed E-state index contributed by atoms with van der Waals surface area (Å²) in [7, 11) is 0. The van der Waals surface area contributed by atoms with Gasteiger partial charge in [0.2, 0.25) is 0 Å². The topological polar surface area (TPSA) is 41.3 Å². The number of unbranched alkanes of at least 4 members (excludes halogenated alkanes) is 3. The van der Waals surface area contributed by atoms with Crippen molar-refractivity contribution in [2.45, 2.75) is 77.3 Å². The Morgan fingerprint density at radius 1 is 1.13 bits per heavy atom. The lowest BCUT2D eigenvalue weighted by Crippen LogP contribution is -2.44. The van der Waals surface area contributed by atoms with Crippen LogP contribution in [-0.2, 0) is 0 Å². The molecule has 3 N–H and O–H groups in total. The number of hydrogen-bond donors (Lipinski definition) is 2. The summed E-state index contributed by atoms with van der Waals surface area (Å²) in [6.45, 7) is 7.07. The standard InChI is InChI=1S/C20H35N3/c1-3-5-6-7-10-18(4-2)23-15-13-17(14-16-23)22-20-12-9-8-11-19(20)21/h8-9,11-12,17-18,22H,3-7,10,13-16,21H2,1-2H3. The molecule has 0 saturated carbocycles. The van der Waals surface area contributed by atoms with Gasteiger partial charge in [-0.3, -0.25) is 0 Å². The fourth-order valence-corrected chi connectivity index (χ4v) is 3.71. The number of benzene rings is 1. The minimum Gasteiger partial charge on any atom is -0.397 e. The van der Waals surface area contributed by atoms with Gasteiger partial charge in [0, 0.05) is 25.2 Å². The molecule has 1 saturated heterocycles. The zero-order valence-corrected chi connectivity index (χ0v) is 15.1. The molecule has 0 amide bonds. The van der Waals surface area contributed by atoms with Gasteiger partial charge >= 0.3 is 0 Å². The summed E-state index contributed by atoms with van der Waals surface area (Å²) in [4.78, 5) is 2.72. The van der Waals surface area contributed by atoms with Crippen molar-refractivity contribution in [3.05, 3.63) is 24.3 Å². The van der Waals surface area contributed by atoms with E-state index in [4.69, 9.17) is 5.73 Å². The van der Waals surface area contributed by atoms with Crippen LogP contribution in [0.15, 0.2) is 24.3 Å². The summed E-state index contributed by atoms with van der Waals surface area (Å²) < 4.78 is 0. The highest BCUT2D eigenvalue weighted by Crippen LogP contribution is 2.24. The molecule has 0 bridgehead atoms. The molecule has 1 aromatic carbocycles. The molecule has 1 aliphatic rings. The summed E-state index contributed by atoms with van der Waals surface area (Å²) >= 11 is 0. The van der Waals surface area contributed by atoms with Gasteiger partial charge in [0.05, 0.1) is 11.4 Å². The van der Waals surface area contributed by atoms with Gasteiger partial charge in [-0.15, -0.1) is 0 Å². The van der Waals surface area contributed by atoms with Gasteiger partial charge in [-0.2, -0.15) is 0 Å². The fourth-order valence-electron chi connectivity index (χ4n) is 3.71. The lowest BCUT2D eigenvalue weighted by atomic mass is 9.98. The van der Waals surface area contributed by atoms with Crippen LogP contribution in [-0.4, -0.2) is 30.1 Å². The number of nitrogen functional groups attached to an aromatic ring is 1. The second kappa shape index (κ2) is 9.82. The number of piperidine rings is 1. The van der Waals surface area contributed by atoms with Crippen molar-refractivity contribution in [1.29, 1.82) is 0 Å². The Hall–Kier alpha value is -1.22. The highest BCUT2D eigenvalue weighted by molar-refractivity contribution is 5.65. The molecule has 1 heterocycles. The van der Waals surface area contributed by atoms with E-state index in [9.17, 15) is 0 Å². The molecule has 130 valence electrons. The van der Waals surface area contributed by atoms with Crippen LogP contribution in [0.4, 0.5) is 11.4 Å². The fraction of sp³-hybridized carbons (Fsp3) is 0.700. The van der Waals surface area contributed by atoms with E-state index < -0.39 is 0 Å². The van der Waals surface area contributed by atoms with E-state index in [0.717, 1.165) is 17.4 Å². The molecule has 23 heavy (non-hydrogen) atoms. The Morgan fingerprint density at radius 2 is 1.87 bits per heavy atom. The second-order valence-electron chi connectivity index (χ2n) is 6.95.